The maximum absolute atomic E-state index is 12.3. The van der Waals surface area contributed by atoms with Gasteiger partial charge in [0, 0.05) is 26.8 Å². The van der Waals surface area contributed by atoms with E-state index in [9.17, 15) is 13.2 Å². The standard InChI is InChI=1S/C8H12F3N3/c1-4-13(2)7-12-6(5-14(7)3)8(9,10)11/h5H,4H2,1-3H3. The van der Waals surface area contributed by atoms with Crippen LogP contribution in [0.3, 0.4) is 0 Å². The summed E-state index contributed by atoms with van der Waals surface area (Å²) in [7, 11) is 3.24. The number of alkyl halides is 3. The first-order valence-electron chi connectivity index (χ1n) is 4.18. The fraction of sp³-hybridized carbons (Fsp3) is 0.625. The van der Waals surface area contributed by atoms with Crippen molar-refractivity contribution in [1.82, 2.24) is 9.55 Å². The predicted octanol–water partition coefficient (Wildman–Crippen LogP) is 1.90. The molecule has 0 saturated heterocycles. The van der Waals surface area contributed by atoms with Crippen molar-refractivity contribution in [2.24, 2.45) is 7.05 Å². The molecule has 0 aliphatic heterocycles. The maximum atomic E-state index is 12.3. The van der Waals surface area contributed by atoms with Gasteiger partial charge in [0.05, 0.1) is 0 Å². The van der Waals surface area contributed by atoms with E-state index in [0.29, 0.717) is 12.5 Å². The number of hydrogen-bond acceptors (Lipinski definition) is 2. The molecular formula is C8H12F3N3. The molecule has 6 heteroatoms. The van der Waals surface area contributed by atoms with E-state index in [1.165, 1.54) is 4.57 Å². The summed E-state index contributed by atoms with van der Waals surface area (Å²) in [5.74, 6) is 0.319. The first-order valence-corrected chi connectivity index (χ1v) is 4.18. The smallest absolute Gasteiger partial charge is 0.346 e. The van der Waals surface area contributed by atoms with E-state index in [1.54, 1.807) is 19.0 Å². The number of rotatable bonds is 2. The summed E-state index contributed by atoms with van der Waals surface area (Å²) in [6, 6.07) is 0. The van der Waals surface area contributed by atoms with Crippen LogP contribution in [-0.4, -0.2) is 23.1 Å². The number of nitrogens with zero attached hydrogens (tertiary/aromatic N) is 3. The molecule has 0 radical (unpaired) electrons. The highest BCUT2D eigenvalue weighted by Gasteiger charge is 2.34. The summed E-state index contributed by atoms with van der Waals surface area (Å²) < 4.78 is 38.1. The molecule has 0 N–H and O–H groups in total. The minimum absolute atomic E-state index is 0.319. The molecule has 1 aromatic rings. The van der Waals surface area contributed by atoms with Crippen molar-refractivity contribution in [1.29, 1.82) is 0 Å². The molecule has 0 spiro atoms. The zero-order valence-electron chi connectivity index (χ0n) is 8.26. The fourth-order valence-electron chi connectivity index (χ4n) is 1.09. The Morgan fingerprint density at radius 3 is 2.43 bits per heavy atom. The lowest BCUT2D eigenvalue weighted by Gasteiger charge is -2.14. The summed E-state index contributed by atoms with van der Waals surface area (Å²) in [4.78, 5) is 5.16. The molecule has 1 rings (SSSR count). The Bertz CT molecular complexity index is 316. The van der Waals surface area contributed by atoms with Gasteiger partial charge in [0.25, 0.3) is 0 Å². The van der Waals surface area contributed by atoms with E-state index >= 15 is 0 Å². The minimum atomic E-state index is -4.37. The lowest BCUT2D eigenvalue weighted by molar-refractivity contribution is -0.140. The molecule has 1 heterocycles. The fourth-order valence-corrected chi connectivity index (χ4v) is 1.09. The van der Waals surface area contributed by atoms with Crippen LogP contribution in [0.1, 0.15) is 12.6 Å². The van der Waals surface area contributed by atoms with Crippen molar-refractivity contribution < 1.29 is 13.2 Å². The predicted molar refractivity (Wildman–Crippen MR) is 47.2 cm³/mol. The van der Waals surface area contributed by atoms with Gasteiger partial charge in [-0.15, -0.1) is 0 Å². The van der Waals surface area contributed by atoms with E-state index in [1.807, 2.05) is 6.92 Å². The van der Waals surface area contributed by atoms with Gasteiger partial charge in [0.15, 0.2) is 5.69 Å². The number of aryl methyl sites for hydroxylation is 1. The molecule has 0 saturated carbocycles. The SMILES string of the molecule is CCN(C)c1nc(C(F)(F)F)cn1C. The molecule has 0 bridgehead atoms. The lowest BCUT2D eigenvalue weighted by Crippen LogP contribution is -2.19. The number of aromatic nitrogens is 2. The quantitative estimate of drug-likeness (QED) is 0.738. The van der Waals surface area contributed by atoms with E-state index in [0.717, 1.165) is 6.20 Å². The number of hydrogen-bond donors (Lipinski definition) is 0. The summed E-state index contributed by atoms with van der Waals surface area (Å²) in [6.45, 7) is 2.46. The Labute approximate surface area is 80.2 Å². The van der Waals surface area contributed by atoms with Crippen LogP contribution in [0.15, 0.2) is 6.20 Å². The van der Waals surface area contributed by atoms with Crippen LogP contribution in [0.4, 0.5) is 19.1 Å². The van der Waals surface area contributed by atoms with Gasteiger partial charge in [0.1, 0.15) is 0 Å². The molecule has 14 heavy (non-hydrogen) atoms. The van der Waals surface area contributed by atoms with Gasteiger partial charge >= 0.3 is 6.18 Å². The molecule has 0 atom stereocenters. The van der Waals surface area contributed by atoms with Gasteiger partial charge < -0.3 is 9.47 Å². The molecule has 0 unspecified atom stereocenters. The lowest BCUT2D eigenvalue weighted by atomic mass is 10.5. The molecule has 0 aromatic carbocycles. The van der Waals surface area contributed by atoms with Gasteiger partial charge in [0.2, 0.25) is 5.95 Å². The summed E-state index contributed by atoms with van der Waals surface area (Å²) in [5.41, 5.74) is -0.852. The number of imidazole rings is 1. The highest BCUT2D eigenvalue weighted by atomic mass is 19.4. The number of anilines is 1. The zero-order chi connectivity index (χ0) is 10.9. The van der Waals surface area contributed by atoms with Crippen LogP contribution in [0, 0.1) is 0 Å². The average molecular weight is 207 g/mol. The van der Waals surface area contributed by atoms with Crippen LogP contribution < -0.4 is 4.90 Å². The van der Waals surface area contributed by atoms with Gasteiger partial charge in [-0.3, -0.25) is 0 Å². The molecule has 3 nitrogen and oxygen atoms in total. The Hall–Kier alpha value is -1.20. The monoisotopic (exact) mass is 207 g/mol. The van der Waals surface area contributed by atoms with Crippen LogP contribution in [0.5, 0.6) is 0 Å². The second kappa shape index (κ2) is 3.51. The molecule has 0 amide bonds. The van der Waals surface area contributed by atoms with Crippen LogP contribution in [0.25, 0.3) is 0 Å². The average Bonchev–Trinajstić information content (AvgIpc) is 2.45. The third-order valence-electron chi connectivity index (χ3n) is 1.96. The first-order chi connectivity index (χ1) is 6.36. The van der Waals surface area contributed by atoms with Crippen LogP contribution >= 0.6 is 0 Å². The van der Waals surface area contributed by atoms with E-state index in [4.69, 9.17) is 0 Å². The van der Waals surface area contributed by atoms with Crippen molar-refractivity contribution in [3.63, 3.8) is 0 Å². The molecule has 0 aliphatic carbocycles. The van der Waals surface area contributed by atoms with Crippen LogP contribution in [-0.2, 0) is 13.2 Å². The zero-order valence-corrected chi connectivity index (χ0v) is 8.26. The molecule has 0 aliphatic rings. The second-order valence-corrected chi connectivity index (χ2v) is 3.05. The van der Waals surface area contributed by atoms with E-state index in [2.05, 4.69) is 4.98 Å². The Morgan fingerprint density at radius 2 is 2.07 bits per heavy atom. The molecule has 80 valence electrons. The number of halogens is 3. The second-order valence-electron chi connectivity index (χ2n) is 3.05. The van der Waals surface area contributed by atoms with Gasteiger partial charge in [-0.1, -0.05) is 0 Å². The first kappa shape index (κ1) is 10.9. The minimum Gasteiger partial charge on any atom is -0.346 e. The van der Waals surface area contributed by atoms with Crippen molar-refractivity contribution in [2.45, 2.75) is 13.1 Å². The third kappa shape index (κ3) is 2.00. The molecule has 0 fully saturated rings. The van der Waals surface area contributed by atoms with Crippen molar-refractivity contribution in [2.75, 3.05) is 18.5 Å². The maximum Gasteiger partial charge on any atom is 0.434 e. The Kier molecular flexibility index (Phi) is 2.73. The highest BCUT2D eigenvalue weighted by molar-refractivity contribution is 5.32. The summed E-state index contributed by atoms with van der Waals surface area (Å²) in [6.07, 6.45) is -3.38. The van der Waals surface area contributed by atoms with Crippen molar-refractivity contribution >= 4 is 5.95 Å². The third-order valence-corrected chi connectivity index (χ3v) is 1.96. The Morgan fingerprint density at radius 1 is 1.50 bits per heavy atom. The molecule has 1 aromatic heterocycles. The highest BCUT2D eigenvalue weighted by Crippen LogP contribution is 2.29. The Balaban J connectivity index is 3.05. The van der Waals surface area contributed by atoms with Gasteiger partial charge in [-0.25, -0.2) is 4.98 Å². The topological polar surface area (TPSA) is 21.1 Å². The van der Waals surface area contributed by atoms with E-state index in [-0.39, 0.29) is 0 Å². The summed E-state index contributed by atoms with van der Waals surface area (Å²) >= 11 is 0. The van der Waals surface area contributed by atoms with Gasteiger partial charge in [-0.2, -0.15) is 13.2 Å². The van der Waals surface area contributed by atoms with E-state index < -0.39 is 11.9 Å². The normalized spacial score (nSPS) is 11.9. The van der Waals surface area contributed by atoms with Crippen LogP contribution in [0.2, 0.25) is 0 Å². The van der Waals surface area contributed by atoms with Crippen molar-refractivity contribution in [3.8, 4) is 0 Å². The molecular weight excluding hydrogens is 195 g/mol. The van der Waals surface area contributed by atoms with Gasteiger partial charge in [-0.05, 0) is 6.92 Å². The van der Waals surface area contributed by atoms with Crippen molar-refractivity contribution in [3.05, 3.63) is 11.9 Å². The summed E-state index contributed by atoms with van der Waals surface area (Å²) in [5, 5.41) is 0. The largest absolute Gasteiger partial charge is 0.434 e.